The van der Waals surface area contributed by atoms with Gasteiger partial charge in [0.05, 0.1) is 18.9 Å². The number of rotatable bonds is 8. The monoisotopic (exact) mass is 499 g/mol. The number of nitrogens with zero attached hydrogens (tertiary/aromatic N) is 2. The normalized spacial score (nSPS) is 15.2. The minimum absolute atomic E-state index is 0.112. The summed E-state index contributed by atoms with van der Waals surface area (Å²) in [6.45, 7) is 5.59. The molecule has 1 aliphatic rings. The molecule has 0 atom stereocenters. The van der Waals surface area contributed by atoms with E-state index in [0.29, 0.717) is 23.4 Å². The second-order valence-electron chi connectivity index (χ2n) is 7.16. The second kappa shape index (κ2) is 10.4. The Morgan fingerprint density at radius 1 is 1.15 bits per heavy atom. The lowest BCUT2D eigenvalue weighted by Gasteiger charge is -2.29. The van der Waals surface area contributed by atoms with Gasteiger partial charge in [-0.05, 0) is 45.7 Å². The van der Waals surface area contributed by atoms with Gasteiger partial charge in [-0.2, -0.15) is 4.31 Å². The van der Waals surface area contributed by atoms with Crippen molar-refractivity contribution in [3.05, 3.63) is 28.5 Å². The van der Waals surface area contributed by atoms with Crippen molar-refractivity contribution in [3.8, 4) is 0 Å². The summed E-state index contributed by atoms with van der Waals surface area (Å²) in [6, 6.07) is 2.47. The summed E-state index contributed by atoms with van der Waals surface area (Å²) in [5.74, 6) is -2.13. The zero-order valence-electron chi connectivity index (χ0n) is 18.5. The van der Waals surface area contributed by atoms with Gasteiger partial charge in [0.1, 0.15) is 4.88 Å². The number of piperidine rings is 1. The zero-order chi connectivity index (χ0) is 24.2. The molecule has 0 aromatic carbocycles. The molecule has 0 saturated carbocycles. The van der Waals surface area contributed by atoms with E-state index in [1.54, 1.807) is 20.8 Å². The fraction of sp³-hybridized carbons (Fsp3) is 0.500. The Kier molecular flexibility index (Phi) is 7.87. The number of esters is 2. The number of hydrogen-bond acceptors (Lipinski definition) is 10. The number of hydrogen-bond donors (Lipinski definition) is 1. The summed E-state index contributed by atoms with van der Waals surface area (Å²) >= 11 is 1.04. The maximum atomic E-state index is 12.8. The van der Waals surface area contributed by atoms with E-state index >= 15 is 0 Å². The van der Waals surface area contributed by atoms with Gasteiger partial charge in [-0.3, -0.25) is 4.79 Å². The van der Waals surface area contributed by atoms with Crippen molar-refractivity contribution in [2.24, 2.45) is 5.92 Å². The molecule has 1 saturated heterocycles. The van der Waals surface area contributed by atoms with Crippen LogP contribution in [0.1, 0.15) is 52.6 Å². The first-order chi connectivity index (χ1) is 15.7. The van der Waals surface area contributed by atoms with Crippen molar-refractivity contribution >= 4 is 44.3 Å². The highest BCUT2D eigenvalue weighted by atomic mass is 32.2. The fourth-order valence-electron chi connectivity index (χ4n) is 3.30. The highest BCUT2D eigenvalue weighted by Gasteiger charge is 2.34. The lowest BCUT2D eigenvalue weighted by Crippen LogP contribution is -2.41. The van der Waals surface area contributed by atoms with Crippen LogP contribution in [-0.2, 0) is 24.3 Å². The first-order valence-electron chi connectivity index (χ1n) is 10.4. The van der Waals surface area contributed by atoms with Crippen LogP contribution in [0.5, 0.6) is 0 Å². The van der Waals surface area contributed by atoms with E-state index < -0.39 is 27.9 Å². The molecule has 3 rings (SSSR count). The molecule has 1 aliphatic heterocycles. The third kappa shape index (κ3) is 5.60. The zero-order valence-corrected chi connectivity index (χ0v) is 20.1. The molecule has 3 heterocycles. The minimum atomic E-state index is -3.95. The summed E-state index contributed by atoms with van der Waals surface area (Å²) in [6.07, 6.45) is 0.594. The second-order valence-corrected chi connectivity index (χ2v) is 10.0. The molecule has 11 nitrogen and oxygen atoms in total. The van der Waals surface area contributed by atoms with E-state index in [0.717, 1.165) is 11.3 Å². The number of sulfonamides is 1. The molecule has 0 aliphatic carbocycles. The molecule has 0 radical (unpaired) electrons. The third-order valence-corrected chi connectivity index (χ3v) is 7.79. The van der Waals surface area contributed by atoms with Crippen molar-refractivity contribution in [1.29, 1.82) is 0 Å². The molecule has 0 unspecified atom stereocenters. The van der Waals surface area contributed by atoms with Crippen molar-refractivity contribution < 1.29 is 36.7 Å². The molecule has 13 heteroatoms. The number of amides is 1. The predicted octanol–water partition coefficient (Wildman–Crippen LogP) is 2.44. The number of thiazole rings is 1. The van der Waals surface area contributed by atoms with Crippen LogP contribution in [0.3, 0.4) is 0 Å². The van der Waals surface area contributed by atoms with Gasteiger partial charge < -0.3 is 19.2 Å². The van der Waals surface area contributed by atoms with Gasteiger partial charge in [0.25, 0.3) is 10.0 Å². The summed E-state index contributed by atoms with van der Waals surface area (Å²) in [5.41, 5.74) is 0.468. The van der Waals surface area contributed by atoms with Crippen molar-refractivity contribution in [3.63, 3.8) is 0 Å². The van der Waals surface area contributed by atoms with Crippen LogP contribution < -0.4 is 5.32 Å². The van der Waals surface area contributed by atoms with Crippen LogP contribution in [-0.4, -0.2) is 61.9 Å². The van der Waals surface area contributed by atoms with Gasteiger partial charge in [0, 0.05) is 19.0 Å². The van der Waals surface area contributed by atoms with Gasteiger partial charge in [0.2, 0.25) is 16.8 Å². The van der Waals surface area contributed by atoms with Crippen LogP contribution in [0.25, 0.3) is 0 Å². The molecule has 1 N–H and O–H groups in total. The average Bonchev–Trinajstić information content (AvgIpc) is 3.42. The number of aryl methyl sites for hydroxylation is 1. The molecule has 0 spiro atoms. The van der Waals surface area contributed by atoms with E-state index in [9.17, 15) is 22.8 Å². The summed E-state index contributed by atoms with van der Waals surface area (Å²) in [5, 5.41) is 2.65. The number of carbonyl (C=O) groups excluding carboxylic acids is 3. The van der Waals surface area contributed by atoms with Crippen LogP contribution >= 0.6 is 11.3 Å². The van der Waals surface area contributed by atoms with Gasteiger partial charge in [-0.1, -0.05) is 11.3 Å². The summed E-state index contributed by atoms with van der Waals surface area (Å²) in [4.78, 5) is 40.8. The van der Waals surface area contributed by atoms with Gasteiger partial charge >= 0.3 is 11.9 Å². The first-order valence-corrected chi connectivity index (χ1v) is 12.7. The number of furan rings is 1. The lowest BCUT2D eigenvalue weighted by atomic mass is 9.97. The van der Waals surface area contributed by atoms with Crippen LogP contribution in [0, 0.1) is 12.8 Å². The molecular formula is C20H25N3O8S2. The van der Waals surface area contributed by atoms with Gasteiger partial charge in [-0.15, -0.1) is 0 Å². The Morgan fingerprint density at radius 2 is 1.79 bits per heavy atom. The van der Waals surface area contributed by atoms with Gasteiger partial charge in [0.15, 0.2) is 5.13 Å². The quantitative estimate of drug-likeness (QED) is 0.541. The Labute approximate surface area is 195 Å². The standard InChI is InChI=1S/C20H25N3O8S2/c1-4-29-18(25)14-6-7-15(31-14)33(27,28)23-10-8-13(9-11-23)17(24)22-20-21-12(3)16(32-20)19(26)30-5-2/h6-7,13H,4-5,8-11H2,1-3H3,(H,21,22,24). The number of nitrogens with one attached hydrogen (secondary N) is 1. The maximum absolute atomic E-state index is 12.8. The number of aromatic nitrogens is 1. The molecule has 33 heavy (non-hydrogen) atoms. The molecule has 0 bridgehead atoms. The molecule has 2 aromatic heterocycles. The maximum Gasteiger partial charge on any atom is 0.374 e. The van der Waals surface area contributed by atoms with E-state index in [-0.39, 0.29) is 48.2 Å². The van der Waals surface area contributed by atoms with Crippen LogP contribution in [0.15, 0.2) is 21.6 Å². The minimum Gasteiger partial charge on any atom is -0.462 e. The average molecular weight is 500 g/mol. The number of anilines is 1. The van der Waals surface area contributed by atoms with E-state index in [4.69, 9.17) is 13.9 Å². The Hall–Kier alpha value is -2.77. The van der Waals surface area contributed by atoms with Crippen molar-refractivity contribution in [2.75, 3.05) is 31.6 Å². The summed E-state index contributed by atoms with van der Waals surface area (Å²) < 4.78 is 41.9. The third-order valence-electron chi connectivity index (χ3n) is 4.96. The van der Waals surface area contributed by atoms with Crippen LogP contribution in [0.2, 0.25) is 0 Å². The molecule has 1 amide bonds. The number of carbonyl (C=O) groups is 3. The highest BCUT2D eigenvalue weighted by molar-refractivity contribution is 7.89. The lowest BCUT2D eigenvalue weighted by molar-refractivity contribution is -0.120. The molecule has 180 valence electrons. The van der Waals surface area contributed by atoms with Crippen molar-refractivity contribution in [2.45, 2.75) is 38.7 Å². The van der Waals surface area contributed by atoms with E-state index in [2.05, 4.69) is 10.3 Å². The largest absolute Gasteiger partial charge is 0.462 e. The number of ether oxygens (including phenoxy) is 2. The Balaban J connectivity index is 1.59. The Bertz CT molecular complexity index is 1130. The van der Waals surface area contributed by atoms with E-state index in [1.807, 2.05) is 0 Å². The molecular weight excluding hydrogens is 474 g/mol. The predicted molar refractivity (Wildman–Crippen MR) is 118 cm³/mol. The topological polar surface area (TPSA) is 145 Å². The first kappa shape index (κ1) is 24.9. The van der Waals surface area contributed by atoms with Gasteiger partial charge in [-0.25, -0.2) is 23.0 Å². The van der Waals surface area contributed by atoms with Crippen LogP contribution in [0.4, 0.5) is 5.13 Å². The Morgan fingerprint density at radius 3 is 2.42 bits per heavy atom. The highest BCUT2D eigenvalue weighted by Crippen LogP contribution is 2.28. The molecule has 1 fully saturated rings. The fourth-order valence-corrected chi connectivity index (χ4v) is 5.54. The summed E-state index contributed by atoms with van der Waals surface area (Å²) in [7, 11) is -3.95. The smallest absolute Gasteiger partial charge is 0.374 e. The van der Waals surface area contributed by atoms with E-state index in [1.165, 1.54) is 16.4 Å². The van der Waals surface area contributed by atoms with Crippen molar-refractivity contribution in [1.82, 2.24) is 9.29 Å². The molecule has 2 aromatic rings. The SMILES string of the molecule is CCOC(=O)c1ccc(S(=O)(=O)N2CCC(C(=O)Nc3nc(C)c(C(=O)OCC)s3)CC2)o1.